The van der Waals surface area contributed by atoms with Crippen molar-refractivity contribution < 1.29 is 19.1 Å². The first-order valence-corrected chi connectivity index (χ1v) is 10.8. The minimum atomic E-state index is -0.512. The van der Waals surface area contributed by atoms with Crippen molar-refractivity contribution in [1.29, 1.82) is 0 Å². The van der Waals surface area contributed by atoms with Gasteiger partial charge in [0.25, 0.3) is 5.91 Å². The molecule has 3 N–H and O–H groups in total. The fourth-order valence-electron chi connectivity index (χ4n) is 3.68. The molecule has 8 heteroatoms. The molecule has 0 unspecified atom stereocenters. The summed E-state index contributed by atoms with van der Waals surface area (Å²) in [6.07, 6.45) is 0. The molecule has 0 spiro atoms. The number of halogens is 1. The number of anilines is 1. The standard InChI is InChI=1S/C26H18ClN3O4/c1-14-6-11-17(21(31)12-14)19-13-20(30-29-19)26(33)28-23-18-4-2-3-5-22(18)34-25(23)24(32)15-7-9-16(27)10-8-15/h2-13,31H,1H3,(H,28,33)(H,29,30). The Morgan fingerprint density at radius 1 is 1.03 bits per heavy atom. The molecule has 2 heterocycles. The maximum Gasteiger partial charge on any atom is 0.273 e. The van der Waals surface area contributed by atoms with E-state index < -0.39 is 11.7 Å². The zero-order chi connectivity index (χ0) is 23.8. The zero-order valence-electron chi connectivity index (χ0n) is 17.9. The van der Waals surface area contributed by atoms with Gasteiger partial charge in [0.1, 0.15) is 17.0 Å². The highest BCUT2D eigenvalue weighted by atomic mass is 35.5. The number of aryl methyl sites for hydroxylation is 1. The molecule has 0 aliphatic carbocycles. The zero-order valence-corrected chi connectivity index (χ0v) is 18.7. The molecule has 0 saturated heterocycles. The number of phenols is 1. The van der Waals surface area contributed by atoms with Crippen molar-refractivity contribution in [1.82, 2.24) is 10.2 Å². The number of benzene rings is 3. The van der Waals surface area contributed by atoms with E-state index in [0.29, 0.717) is 32.8 Å². The van der Waals surface area contributed by atoms with Gasteiger partial charge in [-0.3, -0.25) is 14.7 Å². The summed E-state index contributed by atoms with van der Waals surface area (Å²) in [5.41, 5.74) is 3.06. The quantitative estimate of drug-likeness (QED) is 0.273. The summed E-state index contributed by atoms with van der Waals surface area (Å²) >= 11 is 5.94. The van der Waals surface area contributed by atoms with E-state index in [2.05, 4.69) is 15.5 Å². The van der Waals surface area contributed by atoms with Gasteiger partial charge in [0.15, 0.2) is 5.76 Å². The number of amides is 1. The number of furan rings is 1. The summed E-state index contributed by atoms with van der Waals surface area (Å²) in [6.45, 7) is 1.87. The Bertz CT molecular complexity index is 1550. The average Bonchev–Trinajstić information content (AvgIpc) is 3.45. The second-order valence-corrected chi connectivity index (χ2v) is 8.22. The Labute approximate surface area is 199 Å². The lowest BCUT2D eigenvalue weighted by Crippen LogP contribution is -2.14. The fraction of sp³-hybridized carbons (Fsp3) is 0.0385. The van der Waals surface area contributed by atoms with E-state index in [1.807, 2.05) is 13.0 Å². The summed E-state index contributed by atoms with van der Waals surface area (Å²) in [5, 5.41) is 21.0. The van der Waals surface area contributed by atoms with Gasteiger partial charge >= 0.3 is 0 Å². The molecular weight excluding hydrogens is 454 g/mol. The normalized spacial score (nSPS) is 11.0. The monoisotopic (exact) mass is 471 g/mol. The van der Waals surface area contributed by atoms with Gasteiger partial charge in [-0.1, -0.05) is 29.8 Å². The van der Waals surface area contributed by atoms with Gasteiger partial charge in [-0.25, -0.2) is 0 Å². The van der Waals surface area contributed by atoms with Crippen LogP contribution in [0.25, 0.3) is 22.2 Å². The molecule has 0 saturated carbocycles. The lowest BCUT2D eigenvalue weighted by Gasteiger charge is -2.05. The van der Waals surface area contributed by atoms with Crippen molar-refractivity contribution in [2.45, 2.75) is 6.92 Å². The van der Waals surface area contributed by atoms with Crippen molar-refractivity contribution in [3.63, 3.8) is 0 Å². The second kappa shape index (κ2) is 8.53. The third-order valence-corrected chi connectivity index (χ3v) is 5.65. The van der Waals surface area contributed by atoms with Gasteiger partial charge in [-0.15, -0.1) is 0 Å². The second-order valence-electron chi connectivity index (χ2n) is 7.78. The van der Waals surface area contributed by atoms with Crippen LogP contribution < -0.4 is 5.32 Å². The van der Waals surface area contributed by atoms with E-state index in [1.165, 1.54) is 6.07 Å². The van der Waals surface area contributed by atoms with Gasteiger partial charge in [0.2, 0.25) is 5.78 Å². The number of nitrogens with one attached hydrogen (secondary N) is 2. The van der Waals surface area contributed by atoms with Crippen LogP contribution in [0.5, 0.6) is 5.75 Å². The Hall–Kier alpha value is -4.36. The van der Waals surface area contributed by atoms with Crippen LogP contribution in [0.3, 0.4) is 0 Å². The molecule has 0 atom stereocenters. The highest BCUT2D eigenvalue weighted by Crippen LogP contribution is 2.34. The van der Waals surface area contributed by atoms with Crippen molar-refractivity contribution in [3.05, 3.63) is 100 Å². The molecule has 34 heavy (non-hydrogen) atoms. The number of carbonyl (C=O) groups excluding carboxylic acids is 2. The number of para-hydroxylation sites is 1. The fourth-order valence-corrected chi connectivity index (χ4v) is 3.80. The van der Waals surface area contributed by atoms with Crippen LogP contribution in [-0.2, 0) is 0 Å². The van der Waals surface area contributed by atoms with Crippen molar-refractivity contribution >= 4 is 39.9 Å². The van der Waals surface area contributed by atoms with Gasteiger partial charge in [0, 0.05) is 21.5 Å². The molecule has 5 aromatic rings. The largest absolute Gasteiger partial charge is 0.507 e. The Morgan fingerprint density at radius 2 is 1.79 bits per heavy atom. The SMILES string of the molecule is Cc1ccc(-c2cc(C(=O)Nc3c(C(=O)c4ccc(Cl)cc4)oc4ccccc34)[nH]n2)c(O)c1. The molecular formula is C26H18ClN3O4. The lowest BCUT2D eigenvalue weighted by atomic mass is 10.1. The van der Waals surface area contributed by atoms with Crippen LogP contribution in [0, 0.1) is 6.92 Å². The van der Waals surface area contributed by atoms with Gasteiger partial charge in [0.05, 0.1) is 11.4 Å². The van der Waals surface area contributed by atoms with Crippen LogP contribution in [0.15, 0.2) is 77.2 Å². The number of carbonyl (C=O) groups is 2. The topological polar surface area (TPSA) is 108 Å². The molecule has 0 bridgehead atoms. The first kappa shape index (κ1) is 21.5. The third kappa shape index (κ3) is 3.93. The number of aromatic nitrogens is 2. The summed E-state index contributed by atoms with van der Waals surface area (Å²) in [6, 6.07) is 20.2. The van der Waals surface area contributed by atoms with E-state index in [4.69, 9.17) is 16.0 Å². The molecule has 7 nitrogen and oxygen atoms in total. The number of hydrogen-bond acceptors (Lipinski definition) is 5. The van der Waals surface area contributed by atoms with Crippen LogP contribution in [-0.4, -0.2) is 27.0 Å². The number of nitrogens with zero attached hydrogens (tertiary/aromatic N) is 1. The van der Waals surface area contributed by atoms with Crippen LogP contribution in [0.1, 0.15) is 32.2 Å². The number of fused-ring (bicyclic) bond motifs is 1. The average molecular weight is 472 g/mol. The smallest absolute Gasteiger partial charge is 0.273 e. The van der Waals surface area contributed by atoms with Gasteiger partial charge < -0.3 is 14.8 Å². The number of rotatable bonds is 5. The van der Waals surface area contributed by atoms with Gasteiger partial charge in [-0.05, 0) is 67.1 Å². The predicted octanol–water partition coefficient (Wildman–Crippen LogP) is 5.97. The van der Waals surface area contributed by atoms with Crippen molar-refractivity contribution in [3.8, 4) is 17.0 Å². The summed E-state index contributed by atoms with van der Waals surface area (Å²) in [5.74, 6) is -0.831. The first-order chi connectivity index (χ1) is 16.4. The van der Waals surface area contributed by atoms with E-state index in [0.717, 1.165) is 5.56 Å². The molecule has 1 amide bonds. The summed E-state index contributed by atoms with van der Waals surface area (Å²) in [7, 11) is 0. The summed E-state index contributed by atoms with van der Waals surface area (Å²) in [4.78, 5) is 26.3. The highest BCUT2D eigenvalue weighted by molar-refractivity contribution is 6.30. The molecule has 2 aromatic heterocycles. The first-order valence-electron chi connectivity index (χ1n) is 10.4. The molecule has 0 fully saturated rings. The number of aromatic hydroxyl groups is 1. The Balaban J connectivity index is 1.50. The Morgan fingerprint density at radius 3 is 2.56 bits per heavy atom. The number of phenolic OH excluding ortho intramolecular Hbond substituents is 1. The van der Waals surface area contributed by atoms with E-state index in [9.17, 15) is 14.7 Å². The maximum atomic E-state index is 13.2. The van der Waals surface area contributed by atoms with E-state index in [-0.39, 0.29) is 22.9 Å². The molecule has 0 aliphatic rings. The minimum Gasteiger partial charge on any atom is -0.507 e. The van der Waals surface area contributed by atoms with E-state index >= 15 is 0 Å². The van der Waals surface area contributed by atoms with Gasteiger partial charge in [-0.2, -0.15) is 5.10 Å². The maximum absolute atomic E-state index is 13.2. The molecule has 0 aliphatic heterocycles. The Kier molecular flexibility index (Phi) is 5.39. The molecule has 168 valence electrons. The lowest BCUT2D eigenvalue weighted by molar-refractivity contribution is 0.101. The van der Waals surface area contributed by atoms with Crippen LogP contribution in [0.2, 0.25) is 5.02 Å². The number of hydrogen-bond donors (Lipinski definition) is 3. The molecule has 0 radical (unpaired) electrons. The highest BCUT2D eigenvalue weighted by Gasteiger charge is 2.24. The molecule has 5 rings (SSSR count). The van der Waals surface area contributed by atoms with Crippen LogP contribution in [0.4, 0.5) is 5.69 Å². The van der Waals surface area contributed by atoms with Crippen LogP contribution >= 0.6 is 11.6 Å². The number of ketones is 1. The minimum absolute atomic E-state index is 0.00721. The molecule has 3 aromatic carbocycles. The number of aromatic amines is 1. The summed E-state index contributed by atoms with van der Waals surface area (Å²) < 4.78 is 5.83. The number of H-pyrrole nitrogens is 1. The predicted molar refractivity (Wildman–Crippen MR) is 129 cm³/mol. The van der Waals surface area contributed by atoms with Crippen molar-refractivity contribution in [2.75, 3.05) is 5.32 Å². The van der Waals surface area contributed by atoms with E-state index in [1.54, 1.807) is 60.7 Å². The van der Waals surface area contributed by atoms with Crippen molar-refractivity contribution in [2.24, 2.45) is 0 Å². The third-order valence-electron chi connectivity index (χ3n) is 5.40.